The van der Waals surface area contributed by atoms with Crippen LogP contribution in [0.3, 0.4) is 0 Å². The Balaban J connectivity index is 2.13. The fraction of sp³-hybridized carbons (Fsp3) is 0.692. The fourth-order valence-electron chi connectivity index (χ4n) is 2.02. The molecule has 0 atom stereocenters. The van der Waals surface area contributed by atoms with Crippen molar-refractivity contribution in [2.75, 3.05) is 11.4 Å². The summed E-state index contributed by atoms with van der Waals surface area (Å²) < 4.78 is 0. The SMILES string of the molecule is CCN(c1ncncc1CNC(C)C)C1CC1. The zero-order valence-corrected chi connectivity index (χ0v) is 11.0. The summed E-state index contributed by atoms with van der Waals surface area (Å²) in [5.74, 6) is 1.11. The van der Waals surface area contributed by atoms with Crippen LogP contribution in [0, 0.1) is 0 Å². The van der Waals surface area contributed by atoms with Gasteiger partial charge in [-0.2, -0.15) is 0 Å². The second-order valence-electron chi connectivity index (χ2n) is 4.92. The summed E-state index contributed by atoms with van der Waals surface area (Å²) in [6.07, 6.45) is 6.19. The Morgan fingerprint density at radius 2 is 2.24 bits per heavy atom. The Labute approximate surface area is 103 Å². The van der Waals surface area contributed by atoms with Gasteiger partial charge in [-0.3, -0.25) is 0 Å². The summed E-state index contributed by atoms with van der Waals surface area (Å²) >= 11 is 0. The number of anilines is 1. The zero-order chi connectivity index (χ0) is 12.3. The van der Waals surface area contributed by atoms with Crippen LogP contribution in [0.1, 0.15) is 39.2 Å². The number of rotatable bonds is 6. The van der Waals surface area contributed by atoms with Gasteiger partial charge in [0, 0.05) is 36.9 Å². The Bertz CT molecular complexity index is 360. The number of nitrogens with one attached hydrogen (secondary N) is 1. The lowest BCUT2D eigenvalue weighted by Crippen LogP contribution is -2.29. The van der Waals surface area contributed by atoms with Gasteiger partial charge in [0.15, 0.2) is 0 Å². The minimum absolute atomic E-state index is 0.485. The van der Waals surface area contributed by atoms with Crippen LogP contribution >= 0.6 is 0 Å². The lowest BCUT2D eigenvalue weighted by atomic mass is 10.2. The van der Waals surface area contributed by atoms with Crippen molar-refractivity contribution in [2.24, 2.45) is 0 Å². The van der Waals surface area contributed by atoms with Crippen LogP contribution in [0.5, 0.6) is 0 Å². The van der Waals surface area contributed by atoms with Gasteiger partial charge >= 0.3 is 0 Å². The molecule has 1 N–H and O–H groups in total. The Kier molecular flexibility index (Phi) is 3.94. The normalized spacial score (nSPS) is 15.3. The molecule has 1 saturated carbocycles. The Morgan fingerprint density at radius 1 is 1.47 bits per heavy atom. The number of nitrogens with zero attached hydrogens (tertiary/aromatic N) is 3. The minimum Gasteiger partial charge on any atom is -0.354 e. The highest BCUT2D eigenvalue weighted by Gasteiger charge is 2.30. The van der Waals surface area contributed by atoms with E-state index in [4.69, 9.17) is 0 Å². The molecule has 1 fully saturated rings. The molecule has 94 valence electrons. The van der Waals surface area contributed by atoms with E-state index in [9.17, 15) is 0 Å². The summed E-state index contributed by atoms with van der Waals surface area (Å²) in [5, 5.41) is 3.43. The molecular formula is C13H22N4. The van der Waals surface area contributed by atoms with E-state index < -0.39 is 0 Å². The summed E-state index contributed by atoms with van der Waals surface area (Å²) in [5.41, 5.74) is 1.20. The standard InChI is InChI=1S/C13H22N4/c1-4-17(12-5-6-12)13-11(7-14-9-16-13)8-15-10(2)3/h7,9-10,12,15H,4-6,8H2,1-3H3. The molecule has 0 unspecified atom stereocenters. The molecule has 1 aromatic heterocycles. The van der Waals surface area contributed by atoms with Crippen LogP contribution in [0.4, 0.5) is 5.82 Å². The van der Waals surface area contributed by atoms with Crippen LogP contribution in [0.25, 0.3) is 0 Å². The van der Waals surface area contributed by atoms with Gasteiger partial charge in [-0.05, 0) is 19.8 Å². The second-order valence-corrected chi connectivity index (χ2v) is 4.92. The van der Waals surface area contributed by atoms with E-state index in [2.05, 4.69) is 41.0 Å². The second kappa shape index (κ2) is 5.45. The van der Waals surface area contributed by atoms with Crippen LogP contribution in [-0.4, -0.2) is 28.6 Å². The lowest BCUT2D eigenvalue weighted by Gasteiger charge is -2.24. The third-order valence-corrected chi connectivity index (χ3v) is 3.07. The van der Waals surface area contributed by atoms with Crippen LogP contribution in [-0.2, 0) is 6.54 Å². The molecule has 1 aliphatic rings. The smallest absolute Gasteiger partial charge is 0.136 e. The maximum atomic E-state index is 4.46. The molecule has 4 heteroatoms. The highest BCUT2D eigenvalue weighted by molar-refractivity contribution is 5.47. The summed E-state index contributed by atoms with van der Waals surface area (Å²) in [6.45, 7) is 8.37. The van der Waals surface area contributed by atoms with E-state index in [0.717, 1.165) is 18.9 Å². The van der Waals surface area contributed by atoms with Gasteiger partial charge < -0.3 is 10.2 Å². The van der Waals surface area contributed by atoms with Crippen molar-refractivity contribution in [3.8, 4) is 0 Å². The average Bonchev–Trinajstić information content (AvgIpc) is 3.13. The van der Waals surface area contributed by atoms with Crippen molar-refractivity contribution in [2.45, 2.75) is 52.2 Å². The molecule has 0 saturated heterocycles. The maximum Gasteiger partial charge on any atom is 0.136 e. The summed E-state index contributed by atoms with van der Waals surface area (Å²) in [6, 6.07) is 1.19. The van der Waals surface area contributed by atoms with Gasteiger partial charge in [-0.15, -0.1) is 0 Å². The molecule has 2 rings (SSSR count). The van der Waals surface area contributed by atoms with E-state index in [1.165, 1.54) is 18.4 Å². The van der Waals surface area contributed by atoms with Crippen molar-refractivity contribution < 1.29 is 0 Å². The van der Waals surface area contributed by atoms with E-state index in [1.807, 2.05) is 6.20 Å². The molecule has 0 aromatic carbocycles. The highest BCUT2D eigenvalue weighted by Crippen LogP contribution is 2.31. The molecular weight excluding hydrogens is 212 g/mol. The molecule has 0 aliphatic heterocycles. The van der Waals surface area contributed by atoms with Crippen molar-refractivity contribution in [1.29, 1.82) is 0 Å². The summed E-state index contributed by atoms with van der Waals surface area (Å²) in [4.78, 5) is 11.0. The van der Waals surface area contributed by atoms with E-state index in [-0.39, 0.29) is 0 Å². The van der Waals surface area contributed by atoms with Crippen LogP contribution in [0.2, 0.25) is 0 Å². The predicted octanol–water partition coefficient (Wildman–Crippen LogP) is 1.96. The fourth-order valence-corrected chi connectivity index (χ4v) is 2.02. The molecule has 0 radical (unpaired) electrons. The Hall–Kier alpha value is -1.16. The molecule has 4 nitrogen and oxygen atoms in total. The first kappa shape index (κ1) is 12.3. The van der Waals surface area contributed by atoms with Gasteiger partial charge in [-0.25, -0.2) is 9.97 Å². The van der Waals surface area contributed by atoms with Crippen molar-refractivity contribution in [3.63, 3.8) is 0 Å². The molecule has 17 heavy (non-hydrogen) atoms. The first-order chi connectivity index (χ1) is 8.22. The third kappa shape index (κ3) is 3.16. The maximum absolute atomic E-state index is 4.46. The molecule has 1 heterocycles. The first-order valence-corrected chi connectivity index (χ1v) is 6.51. The van der Waals surface area contributed by atoms with Crippen molar-refractivity contribution in [1.82, 2.24) is 15.3 Å². The van der Waals surface area contributed by atoms with E-state index in [0.29, 0.717) is 12.1 Å². The van der Waals surface area contributed by atoms with Gasteiger partial charge in [0.25, 0.3) is 0 Å². The van der Waals surface area contributed by atoms with Gasteiger partial charge in [0.1, 0.15) is 12.1 Å². The number of hydrogen-bond donors (Lipinski definition) is 1. The topological polar surface area (TPSA) is 41.1 Å². The molecule has 0 amide bonds. The first-order valence-electron chi connectivity index (χ1n) is 6.51. The molecule has 0 spiro atoms. The Morgan fingerprint density at radius 3 is 2.82 bits per heavy atom. The van der Waals surface area contributed by atoms with Crippen molar-refractivity contribution >= 4 is 5.82 Å². The highest BCUT2D eigenvalue weighted by atomic mass is 15.2. The predicted molar refractivity (Wildman–Crippen MR) is 70.0 cm³/mol. The molecule has 1 aliphatic carbocycles. The average molecular weight is 234 g/mol. The van der Waals surface area contributed by atoms with E-state index >= 15 is 0 Å². The number of hydrogen-bond acceptors (Lipinski definition) is 4. The third-order valence-electron chi connectivity index (χ3n) is 3.07. The van der Waals surface area contributed by atoms with Gasteiger partial charge in [0.05, 0.1) is 0 Å². The van der Waals surface area contributed by atoms with Gasteiger partial charge in [-0.1, -0.05) is 13.8 Å². The summed E-state index contributed by atoms with van der Waals surface area (Å²) in [7, 11) is 0. The quantitative estimate of drug-likeness (QED) is 0.817. The van der Waals surface area contributed by atoms with Crippen molar-refractivity contribution in [3.05, 3.63) is 18.1 Å². The van der Waals surface area contributed by atoms with Gasteiger partial charge in [0.2, 0.25) is 0 Å². The number of aromatic nitrogens is 2. The molecule has 1 aromatic rings. The van der Waals surface area contributed by atoms with E-state index in [1.54, 1.807) is 6.33 Å². The monoisotopic (exact) mass is 234 g/mol. The van der Waals surface area contributed by atoms with Crippen LogP contribution in [0.15, 0.2) is 12.5 Å². The van der Waals surface area contributed by atoms with Crippen LogP contribution < -0.4 is 10.2 Å². The lowest BCUT2D eigenvalue weighted by molar-refractivity contribution is 0.585. The zero-order valence-electron chi connectivity index (χ0n) is 11.0. The molecule has 0 bridgehead atoms. The minimum atomic E-state index is 0.485. The largest absolute Gasteiger partial charge is 0.354 e.